The molecule has 0 spiro atoms. The lowest BCUT2D eigenvalue weighted by atomic mass is 10.1. The van der Waals surface area contributed by atoms with E-state index < -0.39 is 0 Å². The van der Waals surface area contributed by atoms with Gasteiger partial charge in [-0.25, -0.2) is 4.98 Å². The second-order valence-electron chi connectivity index (χ2n) is 5.54. The molecule has 1 aromatic rings. The number of ether oxygens (including phenoxy) is 1. The van der Waals surface area contributed by atoms with Crippen LogP contribution in [-0.2, 0) is 11.3 Å². The van der Waals surface area contributed by atoms with Crippen molar-refractivity contribution in [2.24, 2.45) is 0 Å². The SMILES string of the molecule is CCN(CCOC)c1cncc(CNC(C)(C)C)n1. The van der Waals surface area contributed by atoms with E-state index in [1.54, 1.807) is 13.3 Å². The average molecular weight is 266 g/mol. The smallest absolute Gasteiger partial charge is 0.147 e. The highest BCUT2D eigenvalue weighted by atomic mass is 16.5. The van der Waals surface area contributed by atoms with Gasteiger partial charge in [0.25, 0.3) is 0 Å². The van der Waals surface area contributed by atoms with E-state index >= 15 is 0 Å². The Kier molecular flexibility index (Phi) is 6.18. The molecule has 0 bridgehead atoms. The van der Waals surface area contributed by atoms with Crippen LogP contribution in [0.2, 0.25) is 0 Å². The minimum atomic E-state index is 0.0815. The molecule has 1 rings (SSSR count). The average Bonchev–Trinajstić information content (AvgIpc) is 2.37. The van der Waals surface area contributed by atoms with E-state index in [4.69, 9.17) is 4.74 Å². The van der Waals surface area contributed by atoms with Gasteiger partial charge in [-0.1, -0.05) is 0 Å². The van der Waals surface area contributed by atoms with Crippen LogP contribution in [0.4, 0.5) is 5.82 Å². The molecule has 0 saturated carbocycles. The number of anilines is 1. The fraction of sp³-hybridized carbons (Fsp3) is 0.714. The molecular formula is C14H26N4O. The van der Waals surface area contributed by atoms with Gasteiger partial charge >= 0.3 is 0 Å². The maximum atomic E-state index is 5.12. The lowest BCUT2D eigenvalue weighted by Crippen LogP contribution is -2.35. The molecule has 5 nitrogen and oxygen atoms in total. The van der Waals surface area contributed by atoms with Gasteiger partial charge in [0, 0.05) is 38.5 Å². The first-order valence-electron chi connectivity index (χ1n) is 6.76. The van der Waals surface area contributed by atoms with Gasteiger partial charge in [-0.3, -0.25) is 4.98 Å². The third-order valence-electron chi connectivity index (χ3n) is 2.74. The monoisotopic (exact) mass is 266 g/mol. The van der Waals surface area contributed by atoms with E-state index in [9.17, 15) is 0 Å². The van der Waals surface area contributed by atoms with Crippen LogP contribution >= 0.6 is 0 Å². The Morgan fingerprint density at radius 2 is 2.05 bits per heavy atom. The van der Waals surface area contributed by atoms with Crippen LogP contribution in [0.1, 0.15) is 33.4 Å². The Morgan fingerprint density at radius 3 is 2.63 bits per heavy atom. The highest BCUT2D eigenvalue weighted by Gasteiger charge is 2.11. The zero-order valence-corrected chi connectivity index (χ0v) is 12.7. The molecule has 0 fully saturated rings. The first-order valence-corrected chi connectivity index (χ1v) is 6.76. The molecule has 0 aliphatic heterocycles. The number of aromatic nitrogens is 2. The molecule has 0 aromatic carbocycles. The quantitative estimate of drug-likeness (QED) is 0.816. The molecule has 0 aliphatic carbocycles. The predicted octanol–water partition coefficient (Wildman–Crippen LogP) is 1.84. The molecule has 0 amide bonds. The second-order valence-corrected chi connectivity index (χ2v) is 5.54. The first kappa shape index (κ1) is 15.9. The number of rotatable bonds is 7. The molecular weight excluding hydrogens is 240 g/mol. The minimum absolute atomic E-state index is 0.0815. The van der Waals surface area contributed by atoms with Crippen LogP contribution in [0.3, 0.4) is 0 Å². The normalized spacial score (nSPS) is 11.6. The fourth-order valence-electron chi connectivity index (χ4n) is 1.62. The summed E-state index contributed by atoms with van der Waals surface area (Å²) in [5, 5.41) is 3.42. The van der Waals surface area contributed by atoms with E-state index in [1.165, 1.54) is 0 Å². The maximum Gasteiger partial charge on any atom is 0.147 e. The van der Waals surface area contributed by atoms with Crippen molar-refractivity contribution in [1.29, 1.82) is 0 Å². The summed E-state index contributed by atoms with van der Waals surface area (Å²) in [6.07, 6.45) is 3.62. The molecule has 1 heterocycles. The van der Waals surface area contributed by atoms with E-state index in [2.05, 4.69) is 47.9 Å². The molecule has 0 unspecified atom stereocenters. The Balaban J connectivity index is 2.69. The van der Waals surface area contributed by atoms with Crippen LogP contribution in [-0.4, -0.2) is 42.3 Å². The number of likely N-dealkylation sites (N-methyl/N-ethyl adjacent to an activating group) is 1. The summed E-state index contributed by atoms with van der Waals surface area (Å²) in [4.78, 5) is 11.1. The van der Waals surface area contributed by atoms with Gasteiger partial charge in [0.15, 0.2) is 0 Å². The van der Waals surface area contributed by atoms with Crippen LogP contribution in [0, 0.1) is 0 Å². The largest absolute Gasteiger partial charge is 0.383 e. The number of methoxy groups -OCH3 is 1. The van der Waals surface area contributed by atoms with Gasteiger partial charge in [-0.15, -0.1) is 0 Å². The molecule has 108 valence electrons. The van der Waals surface area contributed by atoms with Crippen LogP contribution in [0.5, 0.6) is 0 Å². The highest BCUT2D eigenvalue weighted by Crippen LogP contribution is 2.10. The van der Waals surface area contributed by atoms with Crippen molar-refractivity contribution in [3.63, 3.8) is 0 Å². The summed E-state index contributed by atoms with van der Waals surface area (Å²) >= 11 is 0. The molecule has 5 heteroatoms. The second kappa shape index (κ2) is 7.40. The van der Waals surface area contributed by atoms with Gasteiger partial charge in [0.05, 0.1) is 18.5 Å². The molecule has 0 saturated heterocycles. The standard InChI is InChI=1S/C14H26N4O/c1-6-18(7-8-19-5)13-11-15-9-12(17-13)10-16-14(2,3)4/h9,11,16H,6-8,10H2,1-5H3. The third-order valence-corrected chi connectivity index (χ3v) is 2.74. The van der Waals surface area contributed by atoms with Crippen molar-refractivity contribution in [1.82, 2.24) is 15.3 Å². The van der Waals surface area contributed by atoms with Crippen molar-refractivity contribution in [2.75, 3.05) is 31.7 Å². The van der Waals surface area contributed by atoms with Gasteiger partial charge in [0.2, 0.25) is 0 Å². The van der Waals surface area contributed by atoms with E-state index in [-0.39, 0.29) is 5.54 Å². The van der Waals surface area contributed by atoms with Crippen molar-refractivity contribution in [3.8, 4) is 0 Å². The third kappa shape index (κ3) is 5.98. The molecule has 1 N–H and O–H groups in total. The van der Waals surface area contributed by atoms with Gasteiger partial charge in [-0.2, -0.15) is 0 Å². The van der Waals surface area contributed by atoms with E-state index in [1.807, 2.05) is 6.20 Å². The summed E-state index contributed by atoms with van der Waals surface area (Å²) in [5.74, 6) is 0.910. The predicted molar refractivity (Wildman–Crippen MR) is 78.4 cm³/mol. The molecule has 19 heavy (non-hydrogen) atoms. The lowest BCUT2D eigenvalue weighted by Gasteiger charge is -2.23. The van der Waals surface area contributed by atoms with Crippen LogP contribution in [0.25, 0.3) is 0 Å². The Hall–Kier alpha value is -1.20. The number of hydrogen-bond acceptors (Lipinski definition) is 5. The molecule has 1 aromatic heterocycles. The highest BCUT2D eigenvalue weighted by molar-refractivity contribution is 5.36. The van der Waals surface area contributed by atoms with Gasteiger partial charge in [-0.05, 0) is 27.7 Å². The van der Waals surface area contributed by atoms with Gasteiger partial charge in [0.1, 0.15) is 5.82 Å². The number of nitrogens with zero attached hydrogens (tertiary/aromatic N) is 3. The molecule has 0 aliphatic rings. The molecule has 0 atom stereocenters. The molecule has 0 radical (unpaired) electrons. The lowest BCUT2D eigenvalue weighted by molar-refractivity contribution is 0.205. The van der Waals surface area contributed by atoms with Crippen molar-refractivity contribution < 1.29 is 4.74 Å². The fourth-order valence-corrected chi connectivity index (χ4v) is 1.62. The zero-order valence-electron chi connectivity index (χ0n) is 12.7. The Labute approximate surface area is 116 Å². The topological polar surface area (TPSA) is 50.3 Å². The van der Waals surface area contributed by atoms with Crippen LogP contribution in [0.15, 0.2) is 12.4 Å². The van der Waals surface area contributed by atoms with Crippen LogP contribution < -0.4 is 10.2 Å². The summed E-state index contributed by atoms with van der Waals surface area (Å²) in [6, 6.07) is 0. The number of nitrogens with one attached hydrogen (secondary N) is 1. The van der Waals surface area contributed by atoms with Gasteiger partial charge < -0.3 is 15.0 Å². The van der Waals surface area contributed by atoms with E-state index in [0.29, 0.717) is 6.61 Å². The van der Waals surface area contributed by atoms with Crippen molar-refractivity contribution in [2.45, 2.75) is 39.8 Å². The summed E-state index contributed by atoms with van der Waals surface area (Å²) in [5.41, 5.74) is 1.04. The first-order chi connectivity index (χ1) is 8.96. The Bertz CT molecular complexity index is 376. The van der Waals surface area contributed by atoms with Crippen molar-refractivity contribution >= 4 is 5.82 Å². The number of hydrogen-bond donors (Lipinski definition) is 1. The minimum Gasteiger partial charge on any atom is -0.383 e. The Morgan fingerprint density at radius 1 is 1.32 bits per heavy atom. The maximum absolute atomic E-state index is 5.12. The van der Waals surface area contributed by atoms with E-state index in [0.717, 1.165) is 31.1 Å². The summed E-state index contributed by atoms with van der Waals surface area (Å²) in [7, 11) is 1.71. The zero-order chi connectivity index (χ0) is 14.3. The van der Waals surface area contributed by atoms with Crippen molar-refractivity contribution in [3.05, 3.63) is 18.1 Å². The summed E-state index contributed by atoms with van der Waals surface area (Å²) in [6.45, 7) is 11.7. The summed E-state index contributed by atoms with van der Waals surface area (Å²) < 4.78 is 5.12.